The lowest BCUT2D eigenvalue weighted by Crippen LogP contribution is -2.30. The van der Waals surface area contributed by atoms with Gasteiger partial charge in [-0.15, -0.1) is 11.3 Å². The highest BCUT2D eigenvalue weighted by Crippen LogP contribution is 2.16. The number of urea groups is 1. The van der Waals surface area contributed by atoms with Gasteiger partial charge in [-0.2, -0.15) is 0 Å². The number of aromatic nitrogens is 1. The van der Waals surface area contributed by atoms with Crippen LogP contribution in [0.15, 0.2) is 5.38 Å². The van der Waals surface area contributed by atoms with Crippen LogP contribution < -0.4 is 5.32 Å². The number of thiazole rings is 1. The summed E-state index contributed by atoms with van der Waals surface area (Å²) >= 11 is 1.28. The van der Waals surface area contributed by atoms with Crippen LogP contribution in [0.2, 0.25) is 0 Å². The fraction of sp³-hybridized carbons (Fsp3) is 0.500. The van der Waals surface area contributed by atoms with E-state index in [-0.39, 0.29) is 18.4 Å². The van der Waals surface area contributed by atoms with Gasteiger partial charge in [0, 0.05) is 19.0 Å². The second kappa shape index (κ2) is 6.19. The molecular weight excluding hydrogens is 242 g/mol. The van der Waals surface area contributed by atoms with E-state index in [1.54, 1.807) is 12.4 Å². The molecule has 0 aliphatic rings. The molecule has 7 heteroatoms. The number of nitrogens with zero attached hydrogens (tertiary/aromatic N) is 2. The third-order valence-electron chi connectivity index (χ3n) is 2.14. The lowest BCUT2D eigenvalue weighted by molar-refractivity contribution is -0.139. The van der Waals surface area contributed by atoms with Gasteiger partial charge in [0.05, 0.1) is 19.2 Å². The molecule has 1 N–H and O–H groups in total. The number of carbonyl (C=O) groups is 2. The van der Waals surface area contributed by atoms with Crippen molar-refractivity contribution in [3.05, 3.63) is 11.1 Å². The summed E-state index contributed by atoms with van der Waals surface area (Å²) in [6.45, 7) is 2.50. The van der Waals surface area contributed by atoms with Gasteiger partial charge >= 0.3 is 12.0 Å². The molecule has 2 amide bonds. The average Bonchev–Trinajstić information content (AvgIpc) is 2.75. The van der Waals surface area contributed by atoms with E-state index >= 15 is 0 Å². The summed E-state index contributed by atoms with van der Waals surface area (Å²) in [4.78, 5) is 28.2. The lowest BCUT2D eigenvalue weighted by Gasteiger charge is -2.13. The summed E-state index contributed by atoms with van der Waals surface area (Å²) in [7, 11) is 3.02. The van der Waals surface area contributed by atoms with Crippen molar-refractivity contribution in [1.29, 1.82) is 0 Å². The standard InChI is InChI=1S/C10H15N3O3S/c1-4-13(2)10(15)12-9-11-7(6-17-9)5-8(14)16-3/h6H,4-5H2,1-3H3,(H,11,12,15). The highest BCUT2D eigenvalue weighted by molar-refractivity contribution is 7.13. The molecule has 0 saturated heterocycles. The third-order valence-corrected chi connectivity index (χ3v) is 2.95. The maximum atomic E-state index is 11.5. The van der Waals surface area contributed by atoms with Gasteiger partial charge in [0.25, 0.3) is 0 Å². The van der Waals surface area contributed by atoms with Crippen molar-refractivity contribution in [1.82, 2.24) is 9.88 Å². The first-order valence-electron chi connectivity index (χ1n) is 5.10. The SMILES string of the molecule is CCN(C)C(=O)Nc1nc(CC(=O)OC)cs1. The minimum Gasteiger partial charge on any atom is -0.469 e. The molecule has 0 aliphatic carbocycles. The van der Waals surface area contributed by atoms with Crippen LogP contribution in [0.25, 0.3) is 0 Å². The molecule has 0 fully saturated rings. The molecule has 0 saturated carbocycles. The third kappa shape index (κ3) is 4.03. The Morgan fingerprint density at radius 3 is 2.88 bits per heavy atom. The molecule has 0 radical (unpaired) electrons. The largest absolute Gasteiger partial charge is 0.469 e. The number of hydrogen-bond donors (Lipinski definition) is 1. The second-order valence-corrected chi connectivity index (χ2v) is 4.20. The number of esters is 1. The van der Waals surface area contributed by atoms with Crippen molar-refractivity contribution >= 4 is 28.5 Å². The summed E-state index contributed by atoms with van der Waals surface area (Å²) in [6.07, 6.45) is 0.118. The van der Waals surface area contributed by atoms with Gasteiger partial charge in [0.15, 0.2) is 5.13 Å². The molecule has 17 heavy (non-hydrogen) atoms. The molecule has 0 aromatic carbocycles. The molecule has 1 rings (SSSR count). The van der Waals surface area contributed by atoms with Crippen LogP contribution in [0.5, 0.6) is 0 Å². The number of anilines is 1. The Morgan fingerprint density at radius 1 is 1.59 bits per heavy atom. The van der Waals surface area contributed by atoms with Gasteiger partial charge in [-0.25, -0.2) is 9.78 Å². The summed E-state index contributed by atoms with van der Waals surface area (Å²) in [5, 5.41) is 4.85. The van der Waals surface area contributed by atoms with Crippen LogP contribution in [0.1, 0.15) is 12.6 Å². The summed E-state index contributed by atoms with van der Waals surface area (Å²) in [5.74, 6) is -0.348. The molecule has 0 aliphatic heterocycles. The second-order valence-electron chi connectivity index (χ2n) is 3.34. The van der Waals surface area contributed by atoms with Crippen LogP contribution in [0.4, 0.5) is 9.93 Å². The zero-order chi connectivity index (χ0) is 12.8. The highest BCUT2D eigenvalue weighted by atomic mass is 32.1. The van der Waals surface area contributed by atoms with Gasteiger partial charge in [0.2, 0.25) is 0 Å². The smallest absolute Gasteiger partial charge is 0.323 e. The molecule has 6 nitrogen and oxygen atoms in total. The Labute approximate surface area is 104 Å². The maximum absolute atomic E-state index is 11.5. The molecule has 0 atom stereocenters. The zero-order valence-electron chi connectivity index (χ0n) is 10.0. The first kappa shape index (κ1) is 13.4. The molecule has 0 bridgehead atoms. The quantitative estimate of drug-likeness (QED) is 0.826. The lowest BCUT2D eigenvalue weighted by atomic mass is 10.3. The van der Waals surface area contributed by atoms with Crippen molar-refractivity contribution in [2.24, 2.45) is 0 Å². The number of hydrogen-bond acceptors (Lipinski definition) is 5. The van der Waals surface area contributed by atoms with E-state index in [2.05, 4.69) is 15.0 Å². The van der Waals surface area contributed by atoms with E-state index in [0.29, 0.717) is 17.4 Å². The molecule has 94 valence electrons. The van der Waals surface area contributed by atoms with E-state index in [9.17, 15) is 9.59 Å². The van der Waals surface area contributed by atoms with Crippen molar-refractivity contribution in [2.45, 2.75) is 13.3 Å². The minimum absolute atomic E-state index is 0.118. The van der Waals surface area contributed by atoms with Crippen molar-refractivity contribution in [2.75, 3.05) is 26.0 Å². The van der Waals surface area contributed by atoms with E-state index < -0.39 is 0 Å². The van der Waals surface area contributed by atoms with Crippen molar-refractivity contribution < 1.29 is 14.3 Å². The van der Waals surface area contributed by atoms with E-state index in [1.165, 1.54) is 23.3 Å². The Balaban J connectivity index is 2.56. The molecule has 1 aromatic heterocycles. The predicted molar refractivity (Wildman–Crippen MR) is 65.2 cm³/mol. The Hall–Kier alpha value is -1.63. The first-order chi connectivity index (χ1) is 8.06. The van der Waals surface area contributed by atoms with Gasteiger partial charge in [-0.3, -0.25) is 10.1 Å². The predicted octanol–water partition coefficient (Wildman–Crippen LogP) is 1.34. The molecule has 0 unspecified atom stereocenters. The summed E-state index contributed by atoms with van der Waals surface area (Å²) in [5.41, 5.74) is 0.594. The molecular formula is C10H15N3O3S. The zero-order valence-corrected chi connectivity index (χ0v) is 10.8. The number of methoxy groups -OCH3 is 1. The number of carbonyl (C=O) groups excluding carboxylic acids is 2. The topological polar surface area (TPSA) is 71.5 Å². The van der Waals surface area contributed by atoms with Crippen molar-refractivity contribution in [3.8, 4) is 0 Å². The Bertz CT molecular complexity index is 405. The number of ether oxygens (including phenoxy) is 1. The van der Waals surface area contributed by atoms with Gasteiger partial charge in [0.1, 0.15) is 0 Å². The van der Waals surface area contributed by atoms with Gasteiger partial charge < -0.3 is 9.64 Å². The molecule has 1 heterocycles. The van der Waals surface area contributed by atoms with Crippen LogP contribution in [0.3, 0.4) is 0 Å². The summed E-state index contributed by atoms with van der Waals surface area (Å²) in [6, 6.07) is -0.216. The Morgan fingerprint density at radius 2 is 2.29 bits per heavy atom. The van der Waals surface area contributed by atoms with Crippen molar-refractivity contribution in [3.63, 3.8) is 0 Å². The number of rotatable bonds is 4. The van der Waals surface area contributed by atoms with E-state index in [4.69, 9.17) is 0 Å². The minimum atomic E-state index is -0.348. The summed E-state index contributed by atoms with van der Waals surface area (Å²) < 4.78 is 4.53. The molecule has 1 aromatic rings. The van der Waals surface area contributed by atoms with Gasteiger partial charge in [-0.05, 0) is 6.92 Å². The molecule has 0 spiro atoms. The van der Waals surface area contributed by atoms with Gasteiger partial charge in [-0.1, -0.05) is 0 Å². The van der Waals surface area contributed by atoms with Crippen LogP contribution in [0, 0.1) is 0 Å². The normalized spacial score (nSPS) is 9.82. The van der Waals surface area contributed by atoms with Crippen LogP contribution >= 0.6 is 11.3 Å². The maximum Gasteiger partial charge on any atom is 0.323 e. The monoisotopic (exact) mass is 257 g/mol. The number of nitrogens with one attached hydrogen (secondary N) is 1. The van der Waals surface area contributed by atoms with E-state index in [0.717, 1.165) is 0 Å². The van der Waals surface area contributed by atoms with Crippen LogP contribution in [-0.2, 0) is 16.0 Å². The fourth-order valence-corrected chi connectivity index (χ4v) is 1.70. The number of amides is 2. The van der Waals surface area contributed by atoms with Crippen LogP contribution in [-0.4, -0.2) is 42.6 Å². The first-order valence-corrected chi connectivity index (χ1v) is 5.98. The fourth-order valence-electron chi connectivity index (χ4n) is 0.996. The Kier molecular flexibility index (Phi) is 4.89. The average molecular weight is 257 g/mol. The van der Waals surface area contributed by atoms with E-state index in [1.807, 2.05) is 6.92 Å². The highest BCUT2D eigenvalue weighted by Gasteiger charge is 2.11.